The van der Waals surface area contributed by atoms with Gasteiger partial charge in [0.1, 0.15) is 12.9 Å². The minimum absolute atomic E-state index is 0.0511. The number of aromatic nitrogens is 4. The third-order valence-electron chi connectivity index (χ3n) is 3.38. The van der Waals surface area contributed by atoms with Crippen molar-refractivity contribution in [2.45, 2.75) is 39.3 Å². The van der Waals surface area contributed by atoms with E-state index in [1.807, 2.05) is 6.92 Å². The summed E-state index contributed by atoms with van der Waals surface area (Å²) in [5.74, 6) is 0.711. The van der Waals surface area contributed by atoms with Crippen molar-refractivity contribution in [1.29, 1.82) is 0 Å². The normalized spacial score (nSPS) is 22.1. The summed E-state index contributed by atoms with van der Waals surface area (Å²) in [4.78, 5) is 14.2. The zero-order valence-corrected chi connectivity index (χ0v) is 11.6. The zero-order chi connectivity index (χ0) is 13.7. The van der Waals surface area contributed by atoms with Gasteiger partial charge in [0.05, 0.1) is 0 Å². The summed E-state index contributed by atoms with van der Waals surface area (Å²) in [7, 11) is 0. The number of nitrogens with zero attached hydrogens (tertiary/aromatic N) is 5. The van der Waals surface area contributed by atoms with Crippen LogP contribution in [0.5, 0.6) is 0 Å². The summed E-state index contributed by atoms with van der Waals surface area (Å²) in [5.41, 5.74) is 0. The van der Waals surface area contributed by atoms with Crippen LogP contribution in [0.1, 0.15) is 26.7 Å². The van der Waals surface area contributed by atoms with Crippen molar-refractivity contribution < 1.29 is 4.79 Å². The highest BCUT2D eigenvalue weighted by Gasteiger charge is 2.18. The molecule has 0 spiro atoms. The summed E-state index contributed by atoms with van der Waals surface area (Å²) >= 11 is 0. The second kappa shape index (κ2) is 6.60. The van der Waals surface area contributed by atoms with Crippen molar-refractivity contribution in [3.63, 3.8) is 0 Å². The van der Waals surface area contributed by atoms with Crippen LogP contribution >= 0.6 is 0 Å². The number of tetrazole rings is 1. The predicted molar refractivity (Wildman–Crippen MR) is 70.3 cm³/mol. The average Bonchev–Trinajstić information content (AvgIpc) is 2.81. The number of piperidine rings is 1. The van der Waals surface area contributed by atoms with E-state index in [0.29, 0.717) is 0 Å². The molecule has 106 valence electrons. The van der Waals surface area contributed by atoms with Crippen LogP contribution in [0.15, 0.2) is 6.33 Å². The highest BCUT2D eigenvalue weighted by molar-refractivity contribution is 5.75. The van der Waals surface area contributed by atoms with Crippen LogP contribution in [0.3, 0.4) is 0 Å². The van der Waals surface area contributed by atoms with Gasteiger partial charge in [0.2, 0.25) is 5.91 Å². The van der Waals surface area contributed by atoms with Crippen LogP contribution < -0.4 is 5.32 Å². The molecule has 1 aromatic heterocycles. The molecule has 7 nitrogen and oxygen atoms in total. The average molecular weight is 266 g/mol. The third-order valence-corrected chi connectivity index (χ3v) is 3.38. The molecule has 0 aromatic carbocycles. The molecule has 2 heterocycles. The molecule has 1 amide bonds. The van der Waals surface area contributed by atoms with E-state index in [2.05, 4.69) is 32.7 Å². The highest BCUT2D eigenvalue weighted by atomic mass is 16.2. The number of hydrogen-bond acceptors (Lipinski definition) is 5. The Balaban J connectivity index is 1.71. The molecule has 1 aromatic rings. The van der Waals surface area contributed by atoms with Crippen LogP contribution in [-0.2, 0) is 11.3 Å². The second-order valence-corrected chi connectivity index (χ2v) is 5.48. The van der Waals surface area contributed by atoms with Crippen molar-refractivity contribution in [1.82, 2.24) is 30.4 Å². The third kappa shape index (κ3) is 4.59. The monoisotopic (exact) mass is 266 g/mol. The maximum Gasteiger partial charge on any atom is 0.242 e. The van der Waals surface area contributed by atoms with Gasteiger partial charge >= 0.3 is 0 Å². The molecule has 0 radical (unpaired) electrons. The highest BCUT2D eigenvalue weighted by Crippen LogP contribution is 2.15. The standard InChI is InChI=1S/C12H22N6O/c1-10-4-3-5-17(6-10)7-11(2)14-12(19)8-18-9-13-15-16-18/h9-11H,3-8H2,1-2H3,(H,14,19). The molecule has 1 saturated heterocycles. The van der Waals surface area contributed by atoms with Gasteiger partial charge in [-0.25, -0.2) is 4.68 Å². The molecule has 0 saturated carbocycles. The molecule has 2 rings (SSSR count). The number of carbonyl (C=O) groups is 1. The molecule has 19 heavy (non-hydrogen) atoms. The molecule has 0 bridgehead atoms. The van der Waals surface area contributed by atoms with E-state index in [4.69, 9.17) is 0 Å². The number of carbonyl (C=O) groups excluding carboxylic acids is 1. The Morgan fingerprint density at radius 2 is 2.42 bits per heavy atom. The second-order valence-electron chi connectivity index (χ2n) is 5.48. The number of likely N-dealkylation sites (tertiary alicyclic amines) is 1. The first-order valence-corrected chi connectivity index (χ1v) is 6.86. The summed E-state index contributed by atoms with van der Waals surface area (Å²) in [5, 5.41) is 13.7. The lowest BCUT2D eigenvalue weighted by Crippen LogP contribution is -2.45. The van der Waals surface area contributed by atoms with Crippen molar-refractivity contribution >= 4 is 5.91 Å². The van der Waals surface area contributed by atoms with Gasteiger partial charge in [-0.15, -0.1) is 5.10 Å². The maximum absolute atomic E-state index is 11.8. The predicted octanol–water partition coefficient (Wildman–Crippen LogP) is -0.0903. The Morgan fingerprint density at radius 3 is 3.11 bits per heavy atom. The fraction of sp³-hybridized carbons (Fsp3) is 0.833. The smallest absolute Gasteiger partial charge is 0.242 e. The summed E-state index contributed by atoms with van der Waals surface area (Å²) in [6.07, 6.45) is 4.01. The Bertz CT molecular complexity index is 393. The van der Waals surface area contributed by atoms with E-state index in [9.17, 15) is 4.79 Å². The lowest BCUT2D eigenvalue weighted by atomic mass is 10.00. The number of nitrogens with one attached hydrogen (secondary N) is 1. The molecule has 2 unspecified atom stereocenters. The fourth-order valence-corrected chi connectivity index (χ4v) is 2.61. The van der Waals surface area contributed by atoms with Crippen molar-refractivity contribution in [3.05, 3.63) is 6.33 Å². The van der Waals surface area contributed by atoms with Crippen molar-refractivity contribution in [2.75, 3.05) is 19.6 Å². The van der Waals surface area contributed by atoms with E-state index in [1.54, 1.807) is 0 Å². The number of rotatable bonds is 5. The number of amides is 1. The zero-order valence-electron chi connectivity index (χ0n) is 11.6. The fourth-order valence-electron chi connectivity index (χ4n) is 2.61. The molecule has 2 atom stereocenters. The number of hydrogen-bond donors (Lipinski definition) is 1. The minimum Gasteiger partial charge on any atom is -0.351 e. The first kappa shape index (κ1) is 13.9. The summed E-state index contributed by atoms with van der Waals surface area (Å²) < 4.78 is 1.42. The Kier molecular flexibility index (Phi) is 4.84. The first-order chi connectivity index (χ1) is 9.13. The van der Waals surface area contributed by atoms with Crippen LogP contribution in [0.2, 0.25) is 0 Å². The Morgan fingerprint density at radius 1 is 1.58 bits per heavy atom. The van der Waals surface area contributed by atoms with Crippen LogP contribution in [0, 0.1) is 5.92 Å². The molecule has 0 aliphatic carbocycles. The van der Waals surface area contributed by atoms with Gasteiger partial charge in [-0.2, -0.15) is 0 Å². The SMILES string of the molecule is CC1CCCN(CC(C)NC(=O)Cn2cnnn2)C1. The Labute approximate surface area is 113 Å². The lowest BCUT2D eigenvalue weighted by molar-refractivity contribution is -0.122. The molecule has 7 heteroatoms. The van der Waals surface area contributed by atoms with E-state index in [1.165, 1.54) is 23.9 Å². The molecule has 1 fully saturated rings. The van der Waals surface area contributed by atoms with Gasteiger partial charge < -0.3 is 10.2 Å². The van der Waals surface area contributed by atoms with Gasteiger partial charge in [0.15, 0.2) is 0 Å². The largest absolute Gasteiger partial charge is 0.351 e. The van der Waals surface area contributed by atoms with Crippen LogP contribution in [0.25, 0.3) is 0 Å². The topological polar surface area (TPSA) is 75.9 Å². The molecule has 1 N–H and O–H groups in total. The maximum atomic E-state index is 11.8. The molecular formula is C12H22N6O. The van der Waals surface area contributed by atoms with Gasteiger partial charge in [-0.3, -0.25) is 4.79 Å². The van der Waals surface area contributed by atoms with Crippen LogP contribution in [-0.4, -0.2) is 56.7 Å². The summed E-state index contributed by atoms with van der Waals surface area (Å²) in [6, 6.07) is 0.147. The van der Waals surface area contributed by atoms with E-state index >= 15 is 0 Å². The molecule has 1 aliphatic heterocycles. The minimum atomic E-state index is -0.0511. The van der Waals surface area contributed by atoms with Gasteiger partial charge in [0.25, 0.3) is 0 Å². The molecular weight excluding hydrogens is 244 g/mol. The summed E-state index contributed by atoms with van der Waals surface area (Å²) in [6.45, 7) is 7.67. The van der Waals surface area contributed by atoms with Gasteiger partial charge in [-0.1, -0.05) is 6.92 Å². The Hall–Kier alpha value is -1.50. The lowest BCUT2D eigenvalue weighted by Gasteiger charge is -2.32. The van der Waals surface area contributed by atoms with E-state index in [-0.39, 0.29) is 18.5 Å². The van der Waals surface area contributed by atoms with Crippen molar-refractivity contribution in [3.8, 4) is 0 Å². The van der Waals surface area contributed by atoms with Gasteiger partial charge in [0, 0.05) is 19.1 Å². The quantitative estimate of drug-likeness (QED) is 0.806. The van der Waals surface area contributed by atoms with E-state index < -0.39 is 0 Å². The van der Waals surface area contributed by atoms with Gasteiger partial charge in [-0.05, 0) is 42.7 Å². The van der Waals surface area contributed by atoms with Crippen molar-refractivity contribution in [2.24, 2.45) is 5.92 Å². The first-order valence-electron chi connectivity index (χ1n) is 6.86. The molecule has 1 aliphatic rings. The van der Waals surface area contributed by atoms with Crippen LogP contribution in [0.4, 0.5) is 0 Å². The van der Waals surface area contributed by atoms with E-state index in [0.717, 1.165) is 25.6 Å².